The minimum absolute atomic E-state index is 0.142. The number of imidazole rings is 1. The van der Waals surface area contributed by atoms with Crippen LogP contribution in [0.15, 0.2) is 22.8 Å². The van der Waals surface area contributed by atoms with Crippen LogP contribution in [0.4, 0.5) is 11.8 Å². The highest BCUT2D eigenvalue weighted by Gasteiger charge is 2.11. The molecule has 19 heavy (non-hydrogen) atoms. The molecule has 0 spiro atoms. The van der Waals surface area contributed by atoms with Crippen LogP contribution in [0, 0.1) is 0 Å². The lowest BCUT2D eigenvalue weighted by Crippen LogP contribution is -2.02. The van der Waals surface area contributed by atoms with Crippen molar-refractivity contribution in [2.75, 3.05) is 17.7 Å². The second-order valence-corrected chi connectivity index (χ2v) is 4.15. The fourth-order valence-electron chi connectivity index (χ4n) is 1.70. The van der Waals surface area contributed by atoms with Gasteiger partial charge in [-0.05, 0) is 23.7 Å². The van der Waals surface area contributed by atoms with Crippen LogP contribution in [-0.2, 0) is 6.54 Å². The predicted octanol–water partition coefficient (Wildman–Crippen LogP) is 2.25. The Morgan fingerprint density at radius 3 is 3.00 bits per heavy atom. The number of fused-ring (bicyclic) bond motifs is 1. The Morgan fingerprint density at radius 1 is 1.37 bits per heavy atom. The summed E-state index contributed by atoms with van der Waals surface area (Å²) in [6.45, 7) is 0.503. The van der Waals surface area contributed by atoms with Gasteiger partial charge in [-0.2, -0.15) is 15.0 Å². The number of hydrogen-bond acceptors (Lipinski definition) is 6. The Bertz CT molecular complexity index is 693. The molecule has 0 aliphatic carbocycles. The third kappa shape index (κ3) is 2.32. The number of hydrogen-bond donors (Lipinski definition) is 3. The van der Waals surface area contributed by atoms with Crippen LogP contribution in [0.1, 0.15) is 5.76 Å². The third-order valence-electron chi connectivity index (χ3n) is 2.57. The summed E-state index contributed by atoms with van der Waals surface area (Å²) in [7, 11) is 1.77. The van der Waals surface area contributed by atoms with Crippen LogP contribution in [-0.4, -0.2) is 27.0 Å². The van der Waals surface area contributed by atoms with Gasteiger partial charge < -0.3 is 20.0 Å². The van der Waals surface area contributed by atoms with E-state index in [1.54, 1.807) is 13.3 Å². The van der Waals surface area contributed by atoms with E-state index in [1.165, 1.54) is 0 Å². The molecular formula is C11H11ClN6O. The van der Waals surface area contributed by atoms with E-state index in [4.69, 9.17) is 16.0 Å². The average Bonchev–Trinajstić information content (AvgIpc) is 3.04. The van der Waals surface area contributed by atoms with E-state index < -0.39 is 0 Å². The average molecular weight is 279 g/mol. The number of halogens is 1. The first kappa shape index (κ1) is 11.8. The van der Waals surface area contributed by atoms with Gasteiger partial charge in [-0.1, -0.05) is 0 Å². The Labute approximate surface area is 113 Å². The van der Waals surface area contributed by atoms with E-state index in [0.717, 1.165) is 5.76 Å². The van der Waals surface area contributed by atoms with Gasteiger partial charge >= 0.3 is 0 Å². The Hall–Kier alpha value is -2.28. The highest BCUT2D eigenvalue weighted by atomic mass is 35.5. The number of anilines is 2. The molecule has 0 unspecified atom stereocenters. The fraction of sp³-hybridized carbons (Fsp3) is 0.182. The highest BCUT2D eigenvalue weighted by Crippen LogP contribution is 2.22. The number of aromatic amines is 1. The van der Waals surface area contributed by atoms with E-state index in [-0.39, 0.29) is 5.28 Å². The third-order valence-corrected chi connectivity index (χ3v) is 2.74. The molecule has 0 aliphatic rings. The number of aromatic nitrogens is 4. The summed E-state index contributed by atoms with van der Waals surface area (Å²) in [6, 6.07) is 3.70. The van der Waals surface area contributed by atoms with Crippen molar-refractivity contribution in [1.29, 1.82) is 0 Å². The smallest absolute Gasteiger partial charge is 0.226 e. The van der Waals surface area contributed by atoms with E-state index in [1.807, 2.05) is 12.1 Å². The van der Waals surface area contributed by atoms with E-state index >= 15 is 0 Å². The quantitative estimate of drug-likeness (QED) is 0.634. The molecule has 0 saturated heterocycles. The molecule has 0 amide bonds. The van der Waals surface area contributed by atoms with Gasteiger partial charge in [0, 0.05) is 7.05 Å². The van der Waals surface area contributed by atoms with Crippen molar-refractivity contribution in [2.45, 2.75) is 6.54 Å². The molecule has 3 heterocycles. The zero-order valence-electron chi connectivity index (χ0n) is 10.1. The maximum Gasteiger partial charge on any atom is 0.226 e. The molecule has 98 valence electrons. The second-order valence-electron chi connectivity index (χ2n) is 3.81. The molecule has 0 saturated carbocycles. The van der Waals surface area contributed by atoms with Gasteiger partial charge in [-0.25, -0.2) is 0 Å². The molecule has 0 atom stereocenters. The van der Waals surface area contributed by atoms with E-state index in [9.17, 15) is 0 Å². The molecule has 3 aromatic rings. The first-order valence-electron chi connectivity index (χ1n) is 5.63. The SMILES string of the molecule is CNc1nc2nc(Cl)nc(NCc3ccco3)c2[nH]1. The lowest BCUT2D eigenvalue weighted by molar-refractivity contribution is 0.518. The minimum atomic E-state index is 0.142. The van der Waals surface area contributed by atoms with Crippen molar-refractivity contribution in [2.24, 2.45) is 0 Å². The molecule has 8 heteroatoms. The summed E-state index contributed by atoms with van der Waals surface area (Å²) in [6.07, 6.45) is 1.62. The van der Waals surface area contributed by atoms with Crippen molar-refractivity contribution < 1.29 is 4.42 Å². The zero-order chi connectivity index (χ0) is 13.2. The Morgan fingerprint density at radius 2 is 2.26 bits per heavy atom. The second kappa shape index (κ2) is 4.77. The number of H-pyrrole nitrogens is 1. The zero-order valence-corrected chi connectivity index (χ0v) is 10.8. The predicted molar refractivity (Wildman–Crippen MR) is 72.3 cm³/mol. The van der Waals surface area contributed by atoms with Gasteiger partial charge in [0.25, 0.3) is 0 Å². The lowest BCUT2D eigenvalue weighted by atomic mass is 10.4. The van der Waals surface area contributed by atoms with Gasteiger partial charge in [-0.15, -0.1) is 0 Å². The summed E-state index contributed by atoms with van der Waals surface area (Å²) in [5, 5.41) is 6.19. The molecule has 0 radical (unpaired) electrons. The standard InChI is InChI=1S/C11H11ClN6O/c1-13-11-15-7-8(14-5-6-3-2-4-19-6)16-10(12)17-9(7)18-11/h2-4H,5H2,1H3,(H3,13,14,15,16,17,18). The number of nitrogens with zero attached hydrogens (tertiary/aromatic N) is 3. The van der Waals surface area contributed by atoms with Crippen LogP contribution < -0.4 is 10.6 Å². The monoisotopic (exact) mass is 278 g/mol. The molecule has 0 fully saturated rings. The molecule has 0 aromatic carbocycles. The van der Waals surface area contributed by atoms with Crippen molar-refractivity contribution in [1.82, 2.24) is 19.9 Å². The topological polar surface area (TPSA) is 91.7 Å². The van der Waals surface area contributed by atoms with Crippen LogP contribution >= 0.6 is 11.6 Å². The van der Waals surface area contributed by atoms with Gasteiger partial charge in [-0.3, -0.25) is 0 Å². The van der Waals surface area contributed by atoms with E-state index in [0.29, 0.717) is 29.5 Å². The number of rotatable bonds is 4. The van der Waals surface area contributed by atoms with Gasteiger partial charge in [0.15, 0.2) is 11.5 Å². The summed E-state index contributed by atoms with van der Waals surface area (Å²) < 4.78 is 5.25. The van der Waals surface area contributed by atoms with Crippen LogP contribution in [0.25, 0.3) is 11.2 Å². The van der Waals surface area contributed by atoms with Crippen molar-refractivity contribution in [3.8, 4) is 0 Å². The molecule has 3 N–H and O–H groups in total. The van der Waals surface area contributed by atoms with Crippen LogP contribution in [0.5, 0.6) is 0 Å². The highest BCUT2D eigenvalue weighted by molar-refractivity contribution is 6.28. The van der Waals surface area contributed by atoms with Crippen LogP contribution in [0.3, 0.4) is 0 Å². The summed E-state index contributed by atoms with van der Waals surface area (Å²) in [5.41, 5.74) is 1.20. The molecule has 0 aliphatic heterocycles. The molecule has 3 aromatic heterocycles. The number of furan rings is 1. The molecule has 3 rings (SSSR count). The first-order valence-corrected chi connectivity index (χ1v) is 6.01. The molecule has 0 bridgehead atoms. The Kier molecular flexibility index (Phi) is 2.96. The van der Waals surface area contributed by atoms with Gasteiger partial charge in [0.1, 0.15) is 11.3 Å². The van der Waals surface area contributed by atoms with Crippen molar-refractivity contribution >= 4 is 34.5 Å². The lowest BCUT2D eigenvalue weighted by Gasteiger charge is -2.04. The maximum atomic E-state index is 5.88. The molecule has 7 nitrogen and oxygen atoms in total. The summed E-state index contributed by atoms with van der Waals surface area (Å²) >= 11 is 5.88. The summed E-state index contributed by atoms with van der Waals surface area (Å²) in [4.78, 5) is 15.5. The van der Waals surface area contributed by atoms with Crippen molar-refractivity contribution in [3.05, 3.63) is 29.4 Å². The largest absolute Gasteiger partial charge is 0.467 e. The van der Waals surface area contributed by atoms with E-state index in [2.05, 4.69) is 30.6 Å². The number of nitrogens with one attached hydrogen (secondary N) is 3. The summed E-state index contributed by atoms with van der Waals surface area (Å²) in [5.74, 6) is 1.99. The minimum Gasteiger partial charge on any atom is -0.467 e. The fourth-order valence-corrected chi connectivity index (χ4v) is 1.87. The first-order chi connectivity index (χ1) is 9.26. The Balaban J connectivity index is 1.94. The normalized spacial score (nSPS) is 10.8. The van der Waals surface area contributed by atoms with Gasteiger partial charge in [0.05, 0.1) is 12.8 Å². The van der Waals surface area contributed by atoms with Gasteiger partial charge in [0.2, 0.25) is 11.2 Å². The maximum absolute atomic E-state index is 5.88. The van der Waals surface area contributed by atoms with Crippen molar-refractivity contribution in [3.63, 3.8) is 0 Å². The molecular weight excluding hydrogens is 268 g/mol. The van der Waals surface area contributed by atoms with Crippen LogP contribution in [0.2, 0.25) is 5.28 Å².